The molecule has 2 rings (SSSR count). The largest absolute Gasteiger partial charge is 0.375 e. The maximum atomic E-state index is 5.85. The highest BCUT2D eigenvalue weighted by Crippen LogP contribution is 2.30. The smallest absolute Gasteiger partial charge is 0.0641 e. The van der Waals surface area contributed by atoms with Crippen LogP contribution in [0.2, 0.25) is 0 Å². The van der Waals surface area contributed by atoms with Gasteiger partial charge in [0.05, 0.1) is 5.60 Å². The molecule has 1 atom stereocenters. The lowest BCUT2D eigenvalue weighted by molar-refractivity contribution is -0.0899. The summed E-state index contributed by atoms with van der Waals surface area (Å²) < 4.78 is 5.85. The van der Waals surface area contributed by atoms with Gasteiger partial charge in [-0.05, 0) is 39.5 Å². The lowest BCUT2D eigenvalue weighted by Gasteiger charge is -2.49. The molecule has 3 heteroatoms. The molecule has 0 aromatic carbocycles. The van der Waals surface area contributed by atoms with Gasteiger partial charge in [0.15, 0.2) is 0 Å². The maximum absolute atomic E-state index is 5.85. The number of nitrogens with one attached hydrogen (secondary N) is 1. The Morgan fingerprint density at radius 1 is 1.28 bits per heavy atom. The third-order valence-electron chi connectivity index (χ3n) is 4.95. The molecule has 0 aromatic heterocycles. The van der Waals surface area contributed by atoms with Crippen molar-refractivity contribution in [3.63, 3.8) is 0 Å². The molecule has 0 radical (unpaired) electrons. The molecule has 0 saturated carbocycles. The van der Waals surface area contributed by atoms with Crippen LogP contribution in [0.25, 0.3) is 0 Å². The first-order valence-corrected chi connectivity index (χ1v) is 7.63. The van der Waals surface area contributed by atoms with Crippen molar-refractivity contribution in [3.05, 3.63) is 0 Å². The van der Waals surface area contributed by atoms with Crippen molar-refractivity contribution in [1.82, 2.24) is 10.2 Å². The number of piperazine rings is 1. The molecule has 1 N–H and O–H groups in total. The zero-order valence-electron chi connectivity index (χ0n) is 12.6. The van der Waals surface area contributed by atoms with Gasteiger partial charge in [-0.2, -0.15) is 0 Å². The van der Waals surface area contributed by atoms with Crippen LogP contribution < -0.4 is 5.32 Å². The first-order valence-electron chi connectivity index (χ1n) is 7.63. The molecular weight excluding hydrogens is 224 g/mol. The Kier molecular flexibility index (Phi) is 4.35. The molecule has 2 heterocycles. The Morgan fingerprint density at radius 2 is 2.00 bits per heavy atom. The van der Waals surface area contributed by atoms with E-state index in [2.05, 4.69) is 37.9 Å². The SMILES string of the molecule is CCC1(CC)CN(C2CCOC(C)(C)C2)CCN1. The molecule has 3 nitrogen and oxygen atoms in total. The van der Waals surface area contributed by atoms with E-state index in [0.29, 0.717) is 11.6 Å². The Labute approximate surface area is 112 Å². The first kappa shape index (κ1) is 14.3. The Hall–Kier alpha value is -0.120. The van der Waals surface area contributed by atoms with Gasteiger partial charge in [-0.15, -0.1) is 0 Å². The van der Waals surface area contributed by atoms with E-state index < -0.39 is 0 Å². The van der Waals surface area contributed by atoms with Crippen molar-refractivity contribution in [2.45, 2.75) is 70.6 Å². The van der Waals surface area contributed by atoms with Crippen LogP contribution in [-0.2, 0) is 4.74 Å². The summed E-state index contributed by atoms with van der Waals surface area (Å²) in [5.41, 5.74) is 0.412. The van der Waals surface area contributed by atoms with Crippen molar-refractivity contribution in [1.29, 1.82) is 0 Å². The van der Waals surface area contributed by atoms with E-state index in [0.717, 1.165) is 13.2 Å². The van der Waals surface area contributed by atoms with Crippen molar-refractivity contribution in [3.8, 4) is 0 Å². The minimum atomic E-state index is 0.0644. The molecule has 18 heavy (non-hydrogen) atoms. The number of ether oxygens (including phenoxy) is 1. The minimum absolute atomic E-state index is 0.0644. The van der Waals surface area contributed by atoms with E-state index in [1.54, 1.807) is 0 Å². The second-order valence-corrected chi connectivity index (χ2v) is 6.64. The summed E-state index contributed by atoms with van der Waals surface area (Å²) in [6.07, 6.45) is 4.84. The Balaban J connectivity index is 2.00. The number of hydrogen-bond donors (Lipinski definition) is 1. The van der Waals surface area contributed by atoms with E-state index in [9.17, 15) is 0 Å². The van der Waals surface area contributed by atoms with Gasteiger partial charge in [0.1, 0.15) is 0 Å². The highest BCUT2D eigenvalue weighted by atomic mass is 16.5. The van der Waals surface area contributed by atoms with Crippen LogP contribution in [0, 0.1) is 0 Å². The van der Waals surface area contributed by atoms with E-state index >= 15 is 0 Å². The van der Waals surface area contributed by atoms with Crippen LogP contribution in [0.3, 0.4) is 0 Å². The van der Waals surface area contributed by atoms with Gasteiger partial charge in [0.25, 0.3) is 0 Å². The lowest BCUT2D eigenvalue weighted by Crippen LogP contribution is -2.63. The number of hydrogen-bond acceptors (Lipinski definition) is 3. The molecule has 0 amide bonds. The maximum Gasteiger partial charge on any atom is 0.0641 e. The number of nitrogens with zero attached hydrogens (tertiary/aromatic N) is 1. The van der Waals surface area contributed by atoms with Crippen LogP contribution in [0.4, 0.5) is 0 Å². The fraction of sp³-hybridized carbons (Fsp3) is 1.00. The molecule has 2 saturated heterocycles. The van der Waals surface area contributed by atoms with Gasteiger partial charge in [-0.1, -0.05) is 13.8 Å². The van der Waals surface area contributed by atoms with Gasteiger partial charge in [0, 0.05) is 37.8 Å². The Morgan fingerprint density at radius 3 is 2.61 bits per heavy atom. The van der Waals surface area contributed by atoms with Crippen molar-refractivity contribution in [2.75, 3.05) is 26.2 Å². The molecule has 1 unspecified atom stereocenters. The fourth-order valence-electron chi connectivity index (χ4n) is 3.54. The van der Waals surface area contributed by atoms with Gasteiger partial charge >= 0.3 is 0 Å². The molecule has 2 aliphatic rings. The summed E-state index contributed by atoms with van der Waals surface area (Å²) in [6.45, 7) is 13.6. The summed E-state index contributed by atoms with van der Waals surface area (Å²) >= 11 is 0. The van der Waals surface area contributed by atoms with Crippen LogP contribution in [-0.4, -0.2) is 48.3 Å². The average molecular weight is 254 g/mol. The first-order chi connectivity index (χ1) is 8.50. The van der Waals surface area contributed by atoms with Crippen LogP contribution >= 0.6 is 0 Å². The minimum Gasteiger partial charge on any atom is -0.375 e. The van der Waals surface area contributed by atoms with E-state index in [1.807, 2.05) is 0 Å². The second-order valence-electron chi connectivity index (χ2n) is 6.64. The zero-order chi connectivity index (χ0) is 13.2. The van der Waals surface area contributed by atoms with Crippen molar-refractivity contribution < 1.29 is 4.74 Å². The lowest BCUT2D eigenvalue weighted by atomic mass is 9.87. The van der Waals surface area contributed by atoms with Gasteiger partial charge in [-0.3, -0.25) is 4.90 Å². The predicted molar refractivity (Wildman–Crippen MR) is 75.9 cm³/mol. The van der Waals surface area contributed by atoms with E-state index in [1.165, 1.54) is 38.8 Å². The van der Waals surface area contributed by atoms with Crippen LogP contribution in [0.15, 0.2) is 0 Å². The van der Waals surface area contributed by atoms with Gasteiger partial charge < -0.3 is 10.1 Å². The summed E-state index contributed by atoms with van der Waals surface area (Å²) in [4.78, 5) is 2.72. The summed E-state index contributed by atoms with van der Waals surface area (Å²) in [6, 6.07) is 0.716. The highest BCUT2D eigenvalue weighted by Gasteiger charge is 2.38. The highest BCUT2D eigenvalue weighted by molar-refractivity contribution is 4.96. The predicted octanol–water partition coefficient (Wildman–Crippen LogP) is 2.41. The van der Waals surface area contributed by atoms with Gasteiger partial charge in [0.2, 0.25) is 0 Å². The zero-order valence-corrected chi connectivity index (χ0v) is 12.6. The van der Waals surface area contributed by atoms with Gasteiger partial charge in [-0.25, -0.2) is 0 Å². The topological polar surface area (TPSA) is 24.5 Å². The van der Waals surface area contributed by atoms with Crippen molar-refractivity contribution >= 4 is 0 Å². The summed E-state index contributed by atoms with van der Waals surface area (Å²) in [5.74, 6) is 0. The molecule has 0 bridgehead atoms. The monoisotopic (exact) mass is 254 g/mol. The molecule has 0 aliphatic carbocycles. The Bertz CT molecular complexity index is 274. The molecule has 2 aliphatic heterocycles. The average Bonchev–Trinajstić information content (AvgIpc) is 2.37. The standard InChI is InChI=1S/C15H30N2O/c1-5-15(6-2)12-17(9-8-16-15)13-7-10-18-14(3,4)11-13/h13,16H,5-12H2,1-4H3. The molecule has 2 fully saturated rings. The number of rotatable bonds is 3. The van der Waals surface area contributed by atoms with Crippen molar-refractivity contribution in [2.24, 2.45) is 0 Å². The quantitative estimate of drug-likeness (QED) is 0.837. The summed E-state index contributed by atoms with van der Waals surface area (Å²) in [7, 11) is 0. The normalized spacial score (nSPS) is 32.3. The molecule has 0 aromatic rings. The fourth-order valence-corrected chi connectivity index (χ4v) is 3.54. The molecule has 106 valence electrons. The summed E-state index contributed by atoms with van der Waals surface area (Å²) in [5, 5.41) is 3.75. The van der Waals surface area contributed by atoms with E-state index in [4.69, 9.17) is 4.74 Å². The second kappa shape index (κ2) is 5.48. The van der Waals surface area contributed by atoms with E-state index in [-0.39, 0.29) is 5.60 Å². The van der Waals surface area contributed by atoms with Crippen LogP contribution in [0.1, 0.15) is 53.4 Å². The van der Waals surface area contributed by atoms with Crippen LogP contribution in [0.5, 0.6) is 0 Å². The third kappa shape index (κ3) is 3.06. The molecular formula is C15H30N2O. The molecule has 0 spiro atoms. The third-order valence-corrected chi connectivity index (χ3v) is 4.95.